The molecule has 1 aliphatic rings. The van der Waals surface area contributed by atoms with Crippen molar-refractivity contribution in [1.29, 1.82) is 0 Å². The van der Waals surface area contributed by atoms with Gasteiger partial charge in [-0.15, -0.1) is 0 Å². The number of nitrogens with zero attached hydrogens (tertiary/aromatic N) is 3. The van der Waals surface area contributed by atoms with E-state index in [0.717, 1.165) is 38.4 Å². The molecular formula is C12H21N5O. The Hall–Kier alpha value is -1.40. The lowest BCUT2D eigenvalue weighted by Crippen LogP contribution is -2.57. The summed E-state index contributed by atoms with van der Waals surface area (Å²) in [7, 11) is 3.68. The van der Waals surface area contributed by atoms with E-state index >= 15 is 0 Å². The lowest BCUT2D eigenvalue weighted by Gasteiger charge is -2.34. The van der Waals surface area contributed by atoms with Gasteiger partial charge in [0, 0.05) is 59.1 Å². The van der Waals surface area contributed by atoms with Crippen LogP contribution in [0, 0.1) is 0 Å². The Bertz CT molecular complexity index is 403. The van der Waals surface area contributed by atoms with Crippen LogP contribution < -0.4 is 10.6 Å². The zero-order valence-electron chi connectivity index (χ0n) is 11.0. The number of amides is 1. The molecule has 0 bridgehead atoms. The maximum Gasteiger partial charge on any atom is 0.238 e. The van der Waals surface area contributed by atoms with E-state index in [2.05, 4.69) is 20.5 Å². The van der Waals surface area contributed by atoms with Gasteiger partial charge in [0.15, 0.2) is 0 Å². The molecule has 1 amide bonds. The lowest BCUT2D eigenvalue weighted by atomic mass is 10.1. The normalized spacial score (nSPS) is 20.9. The second-order valence-corrected chi connectivity index (χ2v) is 4.57. The molecule has 2 rings (SSSR count). The van der Waals surface area contributed by atoms with E-state index in [1.807, 2.05) is 24.0 Å². The van der Waals surface area contributed by atoms with Crippen LogP contribution in [0.15, 0.2) is 12.4 Å². The highest BCUT2D eigenvalue weighted by molar-refractivity contribution is 5.81. The highest BCUT2D eigenvalue weighted by atomic mass is 16.2. The molecule has 1 unspecified atom stereocenters. The van der Waals surface area contributed by atoms with Gasteiger partial charge >= 0.3 is 0 Å². The Morgan fingerprint density at radius 2 is 2.50 bits per heavy atom. The van der Waals surface area contributed by atoms with Crippen molar-refractivity contribution in [3.8, 4) is 0 Å². The SMILES string of the molecule is CNC(=O)C1CNCCN1CCc1nccn1C. The molecule has 1 aliphatic heterocycles. The fraction of sp³-hybridized carbons (Fsp3) is 0.667. The molecule has 1 fully saturated rings. The lowest BCUT2D eigenvalue weighted by molar-refractivity contribution is -0.126. The van der Waals surface area contributed by atoms with Gasteiger partial charge in [-0.2, -0.15) is 0 Å². The first-order chi connectivity index (χ1) is 8.72. The second-order valence-electron chi connectivity index (χ2n) is 4.57. The molecule has 0 saturated carbocycles. The van der Waals surface area contributed by atoms with E-state index in [-0.39, 0.29) is 11.9 Å². The van der Waals surface area contributed by atoms with Crippen LogP contribution in [0.25, 0.3) is 0 Å². The second kappa shape index (κ2) is 5.97. The number of aryl methyl sites for hydroxylation is 1. The van der Waals surface area contributed by atoms with Crippen molar-refractivity contribution < 1.29 is 4.79 Å². The molecule has 6 heteroatoms. The number of carbonyl (C=O) groups excluding carboxylic acids is 1. The quantitative estimate of drug-likeness (QED) is 0.719. The van der Waals surface area contributed by atoms with E-state index in [4.69, 9.17) is 0 Å². The van der Waals surface area contributed by atoms with Crippen LogP contribution in [0.3, 0.4) is 0 Å². The number of nitrogens with one attached hydrogen (secondary N) is 2. The van der Waals surface area contributed by atoms with Crippen molar-refractivity contribution in [1.82, 2.24) is 25.1 Å². The van der Waals surface area contributed by atoms with E-state index < -0.39 is 0 Å². The van der Waals surface area contributed by atoms with Gasteiger partial charge in [-0.1, -0.05) is 0 Å². The summed E-state index contributed by atoms with van der Waals surface area (Å²) in [5.41, 5.74) is 0. The molecule has 1 atom stereocenters. The Balaban J connectivity index is 1.93. The molecule has 0 spiro atoms. The number of likely N-dealkylation sites (N-methyl/N-ethyl adjacent to an activating group) is 1. The van der Waals surface area contributed by atoms with Crippen LogP contribution in [-0.2, 0) is 18.3 Å². The highest BCUT2D eigenvalue weighted by Crippen LogP contribution is 2.06. The van der Waals surface area contributed by atoms with Gasteiger partial charge in [-0.05, 0) is 0 Å². The Morgan fingerprint density at radius 1 is 1.67 bits per heavy atom. The summed E-state index contributed by atoms with van der Waals surface area (Å²) in [6, 6.07) is -0.0657. The van der Waals surface area contributed by atoms with Gasteiger partial charge in [0.05, 0.1) is 0 Å². The third-order valence-electron chi connectivity index (χ3n) is 3.45. The van der Waals surface area contributed by atoms with Gasteiger partial charge < -0.3 is 15.2 Å². The summed E-state index contributed by atoms with van der Waals surface area (Å²) in [5, 5.41) is 5.99. The van der Waals surface area contributed by atoms with Crippen molar-refractivity contribution in [2.24, 2.45) is 7.05 Å². The monoisotopic (exact) mass is 251 g/mol. The van der Waals surface area contributed by atoms with Crippen molar-refractivity contribution in [2.45, 2.75) is 12.5 Å². The zero-order valence-corrected chi connectivity index (χ0v) is 11.0. The third kappa shape index (κ3) is 2.88. The summed E-state index contributed by atoms with van der Waals surface area (Å²) in [6.45, 7) is 3.43. The van der Waals surface area contributed by atoms with Gasteiger partial charge in [0.1, 0.15) is 11.9 Å². The molecule has 1 aromatic heterocycles. The fourth-order valence-electron chi connectivity index (χ4n) is 2.32. The molecule has 1 aromatic rings. The molecule has 0 aromatic carbocycles. The molecule has 2 heterocycles. The highest BCUT2D eigenvalue weighted by Gasteiger charge is 2.27. The van der Waals surface area contributed by atoms with Gasteiger partial charge in [0.2, 0.25) is 5.91 Å². The largest absolute Gasteiger partial charge is 0.358 e. The molecule has 0 radical (unpaired) electrons. The molecule has 100 valence electrons. The number of piperazine rings is 1. The molecule has 18 heavy (non-hydrogen) atoms. The van der Waals surface area contributed by atoms with Crippen molar-refractivity contribution in [3.63, 3.8) is 0 Å². The van der Waals surface area contributed by atoms with Crippen molar-refractivity contribution >= 4 is 5.91 Å². The maximum absolute atomic E-state index is 11.8. The van der Waals surface area contributed by atoms with E-state index in [9.17, 15) is 4.79 Å². The van der Waals surface area contributed by atoms with E-state index in [1.54, 1.807) is 7.05 Å². The minimum Gasteiger partial charge on any atom is -0.358 e. The topological polar surface area (TPSA) is 62.2 Å². The minimum absolute atomic E-state index is 0.0657. The van der Waals surface area contributed by atoms with Gasteiger partial charge in [0.25, 0.3) is 0 Å². The standard InChI is InChI=1S/C12H21N5O/c1-13-12(18)10-9-14-4-8-17(10)6-3-11-15-5-7-16(11)2/h5,7,10,14H,3-4,6,8-9H2,1-2H3,(H,13,18). The van der Waals surface area contributed by atoms with Crippen molar-refractivity contribution in [2.75, 3.05) is 33.2 Å². The smallest absolute Gasteiger partial charge is 0.238 e. The first-order valence-electron chi connectivity index (χ1n) is 6.35. The number of hydrogen-bond donors (Lipinski definition) is 2. The maximum atomic E-state index is 11.8. The third-order valence-corrected chi connectivity index (χ3v) is 3.45. The number of imidazole rings is 1. The van der Waals surface area contributed by atoms with Crippen LogP contribution in [0.5, 0.6) is 0 Å². The average molecular weight is 251 g/mol. The molecule has 6 nitrogen and oxygen atoms in total. The molecular weight excluding hydrogens is 230 g/mol. The Kier molecular flexibility index (Phi) is 4.33. The number of carbonyl (C=O) groups is 1. The van der Waals surface area contributed by atoms with Crippen LogP contribution in [-0.4, -0.2) is 59.6 Å². The summed E-state index contributed by atoms with van der Waals surface area (Å²) in [6.07, 6.45) is 4.63. The number of aromatic nitrogens is 2. The zero-order chi connectivity index (χ0) is 13.0. The average Bonchev–Trinajstić information content (AvgIpc) is 2.81. The summed E-state index contributed by atoms with van der Waals surface area (Å²) in [4.78, 5) is 18.3. The Morgan fingerprint density at radius 3 is 3.17 bits per heavy atom. The number of hydrogen-bond acceptors (Lipinski definition) is 4. The van der Waals surface area contributed by atoms with Crippen molar-refractivity contribution in [3.05, 3.63) is 18.2 Å². The first-order valence-corrected chi connectivity index (χ1v) is 6.35. The van der Waals surface area contributed by atoms with Crippen LogP contribution in [0.4, 0.5) is 0 Å². The summed E-state index contributed by atoms with van der Waals surface area (Å²) >= 11 is 0. The molecule has 1 saturated heterocycles. The van der Waals surface area contributed by atoms with Crippen LogP contribution in [0.1, 0.15) is 5.82 Å². The fourth-order valence-corrected chi connectivity index (χ4v) is 2.32. The van der Waals surface area contributed by atoms with Crippen LogP contribution in [0.2, 0.25) is 0 Å². The van der Waals surface area contributed by atoms with Gasteiger partial charge in [-0.25, -0.2) is 4.98 Å². The number of rotatable bonds is 4. The van der Waals surface area contributed by atoms with E-state index in [1.165, 1.54) is 0 Å². The predicted octanol–water partition coefficient (Wildman–Crippen LogP) is -1.02. The molecule has 0 aliphatic carbocycles. The van der Waals surface area contributed by atoms with E-state index in [0.29, 0.717) is 0 Å². The summed E-state index contributed by atoms with van der Waals surface area (Å²) < 4.78 is 2.02. The summed E-state index contributed by atoms with van der Waals surface area (Å²) in [5.74, 6) is 1.14. The minimum atomic E-state index is -0.0657. The van der Waals surface area contributed by atoms with Gasteiger partial charge in [-0.3, -0.25) is 9.69 Å². The van der Waals surface area contributed by atoms with Crippen LogP contribution >= 0.6 is 0 Å². The Labute approximate surface area is 107 Å². The first kappa shape index (κ1) is 13.0. The predicted molar refractivity (Wildman–Crippen MR) is 69.2 cm³/mol. The molecule has 2 N–H and O–H groups in total.